The van der Waals surface area contributed by atoms with Crippen molar-refractivity contribution in [3.63, 3.8) is 0 Å². The molecule has 0 radical (unpaired) electrons. The molecule has 7 heteroatoms. The lowest BCUT2D eigenvalue weighted by atomic mass is 9.95. The topological polar surface area (TPSA) is 67.3 Å². The molecule has 0 atom stereocenters. The minimum Gasteiger partial charge on any atom is -0.494 e. The fourth-order valence-corrected chi connectivity index (χ4v) is 4.93. The van der Waals surface area contributed by atoms with Gasteiger partial charge in [0, 0.05) is 35.8 Å². The second-order valence-corrected chi connectivity index (χ2v) is 9.56. The maximum Gasteiger partial charge on any atom is 0.223 e. The Morgan fingerprint density at radius 3 is 2.66 bits per heavy atom. The summed E-state index contributed by atoms with van der Waals surface area (Å²) in [6.07, 6.45) is 3.86. The molecule has 0 unspecified atom stereocenters. The standard InChI is InChI=1S/C25H32N4O2S/c1-4-5-14-31-21-8-6-19(7-9-21)15-26-25(30)20-10-12-29(13-11-20)24-23-17(2)32-16-22(23)27-18(3)28-24/h6-9,16,20H,4-5,10-15H2,1-3H3,(H,26,30). The van der Waals surface area contributed by atoms with Crippen molar-refractivity contribution in [1.29, 1.82) is 0 Å². The van der Waals surface area contributed by atoms with E-state index in [1.165, 1.54) is 4.88 Å². The number of rotatable bonds is 8. The van der Waals surface area contributed by atoms with E-state index in [1.54, 1.807) is 11.3 Å². The molecule has 3 aromatic rings. The van der Waals surface area contributed by atoms with Crippen molar-refractivity contribution in [3.8, 4) is 5.75 Å². The molecular formula is C25H32N4O2S. The normalized spacial score (nSPS) is 14.7. The highest BCUT2D eigenvalue weighted by molar-refractivity contribution is 7.11. The first kappa shape index (κ1) is 22.5. The van der Waals surface area contributed by atoms with Crippen LogP contribution in [0.25, 0.3) is 10.9 Å². The molecule has 2 aromatic heterocycles. The third kappa shape index (κ3) is 5.21. The number of nitrogens with one attached hydrogen (secondary N) is 1. The van der Waals surface area contributed by atoms with Crippen molar-refractivity contribution < 1.29 is 9.53 Å². The third-order valence-electron chi connectivity index (χ3n) is 6.05. The zero-order valence-corrected chi connectivity index (χ0v) is 20.0. The second kappa shape index (κ2) is 10.3. The summed E-state index contributed by atoms with van der Waals surface area (Å²) in [5, 5.41) is 6.38. The van der Waals surface area contributed by atoms with Crippen molar-refractivity contribution in [2.45, 2.75) is 53.0 Å². The average molecular weight is 453 g/mol. The van der Waals surface area contributed by atoms with Crippen molar-refractivity contribution in [2.75, 3.05) is 24.6 Å². The molecular weight excluding hydrogens is 420 g/mol. The number of hydrogen-bond acceptors (Lipinski definition) is 6. The Labute approximate surface area is 194 Å². The summed E-state index contributed by atoms with van der Waals surface area (Å²) in [7, 11) is 0. The number of aromatic nitrogens is 2. The van der Waals surface area contributed by atoms with Crippen LogP contribution in [-0.2, 0) is 11.3 Å². The summed E-state index contributed by atoms with van der Waals surface area (Å²) in [4.78, 5) is 25.6. The van der Waals surface area contributed by atoms with Crippen LogP contribution >= 0.6 is 11.3 Å². The lowest BCUT2D eigenvalue weighted by Crippen LogP contribution is -2.40. The molecule has 1 N–H and O–H groups in total. The maximum atomic E-state index is 12.8. The van der Waals surface area contributed by atoms with E-state index < -0.39 is 0 Å². The van der Waals surface area contributed by atoms with Gasteiger partial charge in [0.15, 0.2) is 0 Å². The van der Waals surface area contributed by atoms with Crippen molar-refractivity contribution in [2.24, 2.45) is 5.92 Å². The summed E-state index contributed by atoms with van der Waals surface area (Å²) >= 11 is 1.72. The van der Waals surface area contributed by atoms with E-state index >= 15 is 0 Å². The van der Waals surface area contributed by atoms with Crippen molar-refractivity contribution >= 4 is 34.0 Å². The molecule has 0 saturated carbocycles. The molecule has 1 saturated heterocycles. The van der Waals surface area contributed by atoms with Gasteiger partial charge in [0.25, 0.3) is 0 Å². The van der Waals surface area contributed by atoms with Gasteiger partial charge < -0.3 is 15.0 Å². The summed E-state index contributed by atoms with van der Waals surface area (Å²) in [5.74, 6) is 2.89. The number of carbonyl (C=O) groups excluding carboxylic acids is 1. The molecule has 0 aliphatic carbocycles. The Kier molecular flexibility index (Phi) is 7.25. The largest absolute Gasteiger partial charge is 0.494 e. The third-order valence-corrected chi connectivity index (χ3v) is 6.95. The van der Waals surface area contributed by atoms with Gasteiger partial charge in [-0.2, -0.15) is 0 Å². The number of anilines is 1. The van der Waals surface area contributed by atoms with Crippen LogP contribution in [0.4, 0.5) is 5.82 Å². The van der Waals surface area contributed by atoms with E-state index in [1.807, 2.05) is 31.2 Å². The molecule has 3 heterocycles. The predicted molar refractivity (Wildman–Crippen MR) is 131 cm³/mol. The van der Waals surface area contributed by atoms with Crippen LogP contribution in [-0.4, -0.2) is 35.6 Å². The van der Waals surface area contributed by atoms with Gasteiger partial charge in [-0.3, -0.25) is 4.79 Å². The van der Waals surface area contributed by atoms with E-state index in [9.17, 15) is 4.79 Å². The molecule has 170 valence electrons. The van der Waals surface area contributed by atoms with Gasteiger partial charge in [0.1, 0.15) is 17.4 Å². The fraction of sp³-hybridized carbons (Fsp3) is 0.480. The SMILES string of the molecule is CCCCOc1ccc(CNC(=O)C2CCN(c3nc(C)nc4csc(C)c34)CC2)cc1. The fourth-order valence-electron chi connectivity index (χ4n) is 4.16. The Morgan fingerprint density at radius 2 is 1.94 bits per heavy atom. The molecule has 0 bridgehead atoms. The average Bonchev–Trinajstić information content (AvgIpc) is 3.18. The molecule has 1 fully saturated rings. The van der Waals surface area contributed by atoms with Crippen LogP contribution < -0.4 is 15.0 Å². The van der Waals surface area contributed by atoms with Gasteiger partial charge in [-0.15, -0.1) is 11.3 Å². The number of nitrogens with zero attached hydrogens (tertiary/aromatic N) is 3. The van der Waals surface area contributed by atoms with Crippen LogP contribution in [0.1, 0.15) is 48.9 Å². The van der Waals surface area contributed by atoms with Crippen LogP contribution in [0.5, 0.6) is 5.75 Å². The number of unbranched alkanes of at least 4 members (excludes halogenated alkanes) is 1. The highest BCUT2D eigenvalue weighted by Crippen LogP contribution is 2.33. The van der Waals surface area contributed by atoms with E-state index in [2.05, 4.69) is 34.4 Å². The van der Waals surface area contributed by atoms with Gasteiger partial charge in [-0.25, -0.2) is 9.97 Å². The van der Waals surface area contributed by atoms with Crippen LogP contribution in [0.15, 0.2) is 29.6 Å². The van der Waals surface area contributed by atoms with E-state index in [-0.39, 0.29) is 11.8 Å². The highest BCUT2D eigenvalue weighted by Gasteiger charge is 2.27. The van der Waals surface area contributed by atoms with E-state index in [4.69, 9.17) is 9.72 Å². The number of carbonyl (C=O) groups is 1. The lowest BCUT2D eigenvalue weighted by molar-refractivity contribution is -0.125. The monoisotopic (exact) mass is 452 g/mol. The first-order chi connectivity index (χ1) is 15.5. The van der Waals surface area contributed by atoms with E-state index in [0.717, 1.165) is 79.2 Å². The zero-order chi connectivity index (χ0) is 22.5. The summed E-state index contributed by atoms with van der Waals surface area (Å²) < 4.78 is 5.70. The highest BCUT2D eigenvalue weighted by atomic mass is 32.1. The van der Waals surface area contributed by atoms with Gasteiger partial charge in [0.2, 0.25) is 5.91 Å². The Hall–Kier alpha value is -2.67. The number of thiophene rings is 1. The van der Waals surface area contributed by atoms with Crippen molar-refractivity contribution in [3.05, 3.63) is 45.9 Å². The molecule has 0 spiro atoms. The second-order valence-electron chi connectivity index (χ2n) is 8.47. The maximum absolute atomic E-state index is 12.8. The van der Waals surface area contributed by atoms with Gasteiger partial charge in [0.05, 0.1) is 17.5 Å². The summed E-state index contributed by atoms with van der Waals surface area (Å²) in [6.45, 7) is 9.19. The quantitative estimate of drug-likeness (QED) is 0.486. The minimum atomic E-state index is 0.0462. The Balaban J connectivity index is 1.29. The zero-order valence-electron chi connectivity index (χ0n) is 19.2. The molecule has 1 aliphatic heterocycles. The minimum absolute atomic E-state index is 0.0462. The van der Waals surface area contributed by atoms with Crippen molar-refractivity contribution in [1.82, 2.24) is 15.3 Å². The number of aryl methyl sites for hydroxylation is 2. The summed E-state index contributed by atoms with van der Waals surface area (Å²) in [6, 6.07) is 8.01. The van der Waals surface area contributed by atoms with Crippen LogP contribution in [0.2, 0.25) is 0 Å². The Morgan fingerprint density at radius 1 is 1.19 bits per heavy atom. The number of benzene rings is 1. The first-order valence-corrected chi connectivity index (χ1v) is 12.4. The number of hydrogen-bond donors (Lipinski definition) is 1. The molecule has 1 aromatic carbocycles. The van der Waals surface area contributed by atoms with E-state index in [0.29, 0.717) is 6.54 Å². The number of fused-ring (bicyclic) bond motifs is 1. The number of amides is 1. The number of ether oxygens (including phenoxy) is 1. The molecule has 4 rings (SSSR count). The molecule has 6 nitrogen and oxygen atoms in total. The summed E-state index contributed by atoms with van der Waals surface area (Å²) in [5.41, 5.74) is 2.11. The first-order valence-electron chi connectivity index (χ1n) is 11.5. The Bertz CT molecular complexity index is 1060. The number of piperidine rings is 1. The van der Waals surface area contributed by atoms with Gasteiger partial charge in [-0.05, 0) is 50.8 Å². The smallest absolute Gasteiger partial charge is 0.223 e. The molecule has 1 aliphatic rings. The predicted octanol–water partition coefficient (Wildman–Crippen LogP) is 5.02. The molecule has 32 heavy (non-hydrogen) atoms. The van der Waals surface area contributed by atoms with Gasteiger partial charge >= 0.3 is 0 Å². The van der Waals surface area contributed by atoms with Crippen LogP contribution in [0.3, 0.4) is 0 Å². The van der Waals surface area contributed by atoms with Crippen LogP contribution in [0, 0.1) is 19.8 Å². The molecule has 1 amide bonds. The van der Waals surface area contributed by atoms with Gasteiger partial charge in [-0.1, -0.05) is 25.5 Å². The lowest BCUT2D eigenvalue weighted by Gasteiger charge is -2.32.